The van der Waals surface area contributed by atoms with Crippen molar-refractivity contribution in [1.82, 2.24) is 15.2 Å². The van der Waals surface area contributed by atoms with Crippen LogP contribution in [0.1, 0.15) is 11.1 Å². The lowest BCUT2D eigenvalue weighted by Crippen LogP contribution is -3.00. The summed E-state index contributed by atoms with van der Waals surface area (Å²) in [6.07, 6.45) is 3.50. The van der Waals surface area contributed by atoms with Crippen molar-refractivity contribution in [2.75, 3.05) is 34.3 Å². The van der Waals surface area contributed by atoms with Crippen molar-refractivity contribution >= 4 is 11.6 Å². The summed E-state index contributed by atoms with van der Waals surface area (Å²) < 4.78 is 11.3. The first kappa shape index (κ1) is 24.8. The van der Waals surface area contributed by atoms with E-state index in [9.17, 15) is 0 Å². The quantitative estimate of drug-likeness (QED) is 0.438. The molecule has 8 heteroatoms. The molecule has 1 N–H and O–H groups in total. The Hall–Kier alpha value is -1.24. The third kappa shape index (κ3) is 7.98. The molecule has 0 saturated heterocycles. The van der Waals surface area contributed by atoms with Gasteiger partial charge in [-0.25, -0.2) is 0 Å². The Morgan fingerprint density at radius 1 is 1.19 bits per heavy atom. The molecule has 2 aromatic rings. The molecule has 0 aliphatic heterocycles. The predicted octanol–water partition coefficient (Wildman–Crippen LogP) is -3.02. The summed E-state index contributed by atoms with van der Waals surface area (Å²) in [6.45, 7) is 3.01. The van der Waals surface area contributed by atoms with Crippen LogP contribution < -0.4 is 39.6 Å². The SMILES string of the molecule is COc1cc(CNCCN(C)C)cc(Cl)c1OCc1cccnc1.[Cl-].[Cl-]. The summed E-state index contributed by atoms with van der Waals surface area (Å²) in [5.41, 5.74) is 2.04. The number of rotatable bonds is 9. The topological polar surface area (TPSA) is 46.6 Å². The molecule has 5 nitrogen and oxygen atoms in total. The van der Waals surface area contributed by atoms with Gasteiger partial charge in [0.05, 0.1) is 12.1 Å². The van der Waals surface area contributed by atoms with Crippen molar-refractivity contribution in [3.05, 3.63) is 52.8 Å². The fraction of sp³-hybridized carbons (Fsp3) is 0.389. The molecule has 1 aromatic heterocycles. The summed E-state index contributed by atoms with van der Waals surface area (Å²) in [7, 11) is 5.72. The average molecular weight is 421 g/mol. The van der Waals surface area contributed by atoms with E-state index in [4.69, 9.17) is 21.1 Å². The summed E-state index contributed by atoms with van der Waals surface area (Å²) in [4.78, 5) is 6.21. The zero-order valence-electron chi connectivity index (χ0n) is 15.1. The van der Waals surface area contributed by atoms with Crippen LogP contribution in [0.25, 0.3) is 0 Å². The van der Waals surface area contributed by atoms with Crippen LogP contribution in [0.3, 0.4) is 0 Å². The highest BCUT2D eigenvalue weighted by atomic mass is 35.5. The summed E-state index contributed by atoms with van der Waals surface area (Å²) in [5, 5.41) is 3.93. The summed E-state index contributed by atoms with van der Waals surface area (Å²) >= 11 is 6.39. The maximum absolute atomic E-state index is 6.39. The van der Waals surface area contributed by atoms with Crippen LogP contribution in [0.2, 0.25) is 5.02 Å². The first-order chi connectivity index (χ1) is 11.6. The lowest BCUT2D eigenvalue weighted by atomic mass is 10.2. The predicted molar refractivity (Wildman–Crippen MR) is 96.8 cm³/mol. The number of nitrogens with one attached hydrogen (secondary N) is 1. The second-order valence-electron chi connectivity index (χ2n) is 5.74. The molecular weight excluding hydrogens is 397 g/mol. The molecule has 26 heavy (non-hydrogen) atoms. The van der Waals surface area contributed by atoms with Crippen LogP contribution in [0.15, 0.2) is 36.7 Å². The molecule has 0 unspecified atom stereocenters. The number of halogens is 3. The Balaban J connectivity index is 0.00000312. The number of benzene rings is 1. The molecule has 1 heterocycles. The molecule has 0 fully saturated rings. The molecule has 0 saturated carbocycles. The summed E-state index contributed by atoms with van der Waals surface area (Å²) in [5.74, 6) is 1.19. The van der Waals surface area contributed by atoms with Crippen LogP contribution in [0, 0.1) is 0 Å². The second-order valence-corrected chi connectivity index (χ2v) is 6.15. The Kier molecular flexibility index (Phi) is 12.4. The fourth-order valence-corrected chi connectivity index (χ4v) is 2.48. The molecule has 0 aliphatic rings. The Morgan fingerprint density at radius 2 is 1.96 bits per heavy atom. The Labute approximate surface area is 172 Å². The fourth-order valence-electron chi connectivity index (χ4n) is 2.19. The van der Waals surface area contributed by atoms with Crippen molar-refractivity contribution in [3.63, 3.8) is 0 Å². The number of aromatic nitrogens is 1. The van der Waals surface area contributed by atoms with Gasteiger partial charge in [-0.15, -0.1) is 0 Å². The number of ether oxygens (including phenoxy) is 2. The number of pyridine rings is 1. The van der Waals surface area contributed by atoms with Crippen molar-refractivity contribution in [3.8, 4) is 11.5 Å². The van der Waals surface area contributed by atoms with Gasteiger partial charge in [0.25, 0.3) is 0 Å². The van der Waals surface area contributed by atoms with Crippen molar-refractivity contribution in [2.24, 2.45) is 0 Å². The number of methoxy groups -OCH3 is 1. The molecule has 0 amide bonds. The van der Waals surface area contributed by atoms with Gasteiger partial charge in [-0.2, -0.15) is 0 Å². The lowest BCUT2D eigenvalue weighted by molar-refractivity contribution is -0.00100. The van der Waals surface area contributed by atoms with Gasteiger partial charge in [-0.05, 0) is 37.9 Å². The van der Waals surface area contributed by atoms with Gasteiger partial charge >= 0.3 is 0 Å². The average Bonchev–Trinajstić information content (AvgIpc) is 2.58. The van der Waals surface area contributed by atoms with Crippen LogP contribution in [0.4, 0.5) is 0 Å². The Morgan fingerprint density at radius 3 is 2.58 bits per heavy atom. The van der Waals surface area contributed by atoms with Gasteiger partial charge < -0.3 is 44.5 Å². The highest BCUT2D eigenvalue weighted by Crippen LogP contribution is 2.36. The first-order valence-corrected chi connectivity index (χ1v) is 8.21. The first-order valence-electron chi connectivity index (χ1n) is 7.83. The zero-order valence-corrected chi connectivity index (χ0v) is 17.4. The van der Waals surface area contributed by atoms with E-state index < -0.39 is 0 Å². The van der Waals surface area contributed by atoms with Gasteiger partial charge in [0.15, 0.2) is 11.5 Å². The molecule has 2 rings (SSSR count). The molecule has 0 radical (unpaired) electrons. The normalized spacial score (nSPS) is 10.0. The van der Waals surface area contributed by atoms with E-state index in [1.807, 2.05) is 24.3 Å². The second kappa shape index (κ2) is 13.0. The monoisotopic (exact) mass is 419 g/mol. The van der Waals surface area contributed by atoms with Gasteiger partial charge in [0, 0.05) is 37.6 Å². The van der Waals surface area contributed by atoms with Crippen LogP contribution in [0.5, 0.6) is 11.5 Å². The molecule has 1 aromatic carbocycles. The number of nitrogens with zero attached hydrogens (tertiary/aromatic N) is 2. The molecule has 146 valence electrons. The van der Waals surface area contributed by atoms with Crippen LogP contribution >= 0.6 is 11.6 Å². The molecular formula is C18H24Cl3N3O2-2. The van der Waals surface area contributed by atoms with E-state index in [1.165, 1.54) is 0 Å². The maximum Gasteiger partial charge on any atom is 0.180 e. The van der Waals surface area contributed by atoms with Gasteiger partial charge in [-0.1, -0.05) is 17.7 Å². The van der Waals surface area contributed by atoms with Crippen molar-refractivity contribution in [2.45, 2.75) is 13.2 Å². The molecule has 0 bridgehead atoms. The third-order valence-electron chi connectivity index (χ3n) is 3.46. The number of hydrogen-bond donors (Lipinski definition) is 1. The minimum Gasteiger partial charge on any atom is -1.00 e. The highest BCUT2D eigenvalue weighted by Gasteiger charge is 2.12. The van der Waals surface area contributed by atoms with Crippen LogP contribution in [-0.2, 0) is 13.2 Å². The number of hydrogen-bond acceptors (Lipinski definition) is 5. The van der Waals surface area contributed by atoms with Gasteiger partial charge in [-0.3, -0.25) is 4.98 Å². The van der Waals surface area contributed by atoms with E-state index in [1.54, 1.807) is 19.5 Å². The summed E-state index contributed by atoms with van der Waals surface area (Å²) in [6, 6.07) is 7.69. The molecule has 0 spiro atoms. The third-order valence-corrected chi connectivity index (χ3v) is 3.74. The maximum atomic E-state index is 6.39. The number of likely N-dealkylation sites (N-methyl/N-ethyl adjacent to an activating group) is 1. The van der Waals surface area contributed by atoms with E-state index in [0.717, 1.165) is 30.8 Å². The standard InChI is InChI=1S/C18H24ClN3O2.2ClH/c1-22(2)8-7-21-12-15-9-16(19)18(17(10-15)23-3)24-13-14-5-4-6-20-11-14;;/h4-6,9-11,21H,7-8,12-13H2,1-3H3;2*1H/p-2. The van der Waals surface area contributed by atoms with Crippen molar-refractivity contribution < 1.29 is 34.3 Å². The molecule has 0 atom stereocenters. The zero-order chi connectivity index (χ0) is 17.4. The Bertz CT molecular complexity index is 643. The highest BCUT2D eigenvalue weighted by molar-refractivity contribution is 6.32. The minimum absolute atomic E-state index is 0. The smallest absolute Gasteiger partial charge is 0.180 e. The van der Waals surface area contributed by atoms with E-state index in [-0.39, 0.29) is 24.8 Å². The van der Waals surface area contributed by atoms with Gasteiger partial charge in [0.1, 0.15) is 6.61 Å². The van der Waals surface area contributed by atoms with E-state index in [0.29, 0.717) is 23.1 Å². The van der Waals surface area contributed by atoms with Crippen LogP contribution in [-0.4, -0.2) is 44.2 Å². The van der Waals surface area contributed by atoms with Gasteiger partial charge in [0.2, 0.25) is 0 Å². The van der Waals surface area contributed by atoms with E-state index >= 15 is 0 Å². The molecule has 0 aliphatic carbocycles. The van der Waals surface area contributed by atoms with Crippen molar-refractivity contribution in [1.29, 1.82) is 0 Å². The minimum atomic E-state index is 0. The lowest BCUT2D eigenvalue weighted by Gasteiger charge is -2.15. The largest absolute Gasteiger partial charge is 1.00 e. The van der Waals surface area contributed by atoms with E-state index in [2.05, 4.69) is 29.3 Å².